The average Bonchev–Trinajstić information content (AvgIpc) is 2.49. The maximum absolute atomic E-state index is 12.7. The van der Waals surface area contributed by atoms with Gasteiger partial charge in [0.2, 0.25) is 10.0 Å². The molecule has 6 heteroatoms. The number of nitrogens with two attached hydrogens (primary N) is 1. The van der Waals surface area contributed by atoms with Crippen molar-refractivity contribution >= 4 is 10.0 Å². The van der Waals surface area contributed by atoms with Crippen LogP contribution in [0.1, 0.15) is 36.8 Å². The molecule has 0 bridgehead atoms. The minimum atomic E-state index is -3.54. The monoisotopic (exact) mass is 326 g/mol. The van der Waals surface area contributed by atoms with E-state index in [9.17, 15) is 8.42 Å². The van der Waals surface area contributed by atoms with Gasteiger partial charge in [0.1, 0.15) is 5.75 Å². The van der Waals surface area contributed by atoms with Crippen LogP contribution in [-0.2, 0) is 10.0 Å². The summed E-state index contributed by atoms with van der Waals surface area (Å²) >= 11 is 0. The van der Waals surface area contributed by atoms with E-state index in [0.29, 0.717) is 22.8 Å². The van der Waals surface area contributed by atoms with E-state index in [0.717, 1.165) is 31.2 Å². The van der Waals surface area contributed by atoms with E-state index >= 15 is 0 Å². The van der Waals surface area contributed by atoms with Crippen LogP contribution in [0.25, 0.3) is 0 Å². The third-order valence-corrected chi connectivity index (χ3v) is 6.13. The molecule has 5 nitrogen and oxygen atoms in total. The summed E-state index contributed by atoms with van der Waals surface area (Å²) in [7, 11) is -1.96. The summed E-state index contributed by atoms with van der Waals surface area (Å²) in [6.45, 7) is 4.16. The standard InChI is InChI=1S/C16H26N2O3S/c1-11-9-16(12(2)8-15(11)21-3)22(19,20)18-14-7-5-4-6-13(14)10-17/h8-9,13-14,18H,4-7,10,17H2,1-3H3. The Morgan fingerprint density at radius 2 is 1.91 bits per heavy atom. The fourth-order valence-electron chi connectivity index (χ4n) is 3.18. The number of aryl methyl sites for hydroxylation is 2. The van der Waals surface area contributed by atoms with Crippen LogP contribution in [0.4, 0.5) is 0 Å². The molecule has 0 amide bonds. The van der Waals surface area contributed by atoms with Gasteiger partial charge in [-0.3, -0.25) is 0 Å². The third kappa shape index (κ3) is 3.62. The Morgan fingerprint density at radius 1 is 1.23 bits per heavy atom. The molecule has 1 fully saturated rings. The van der Waals surface area contributed by atoms with Crippen LogP contribution >= 0.6 is 0 Å². The molecule has 3 N–H and O–H groups in total. The SMILES string of the molecule is COc1cc(C)c(S(=O)(=O)NC2CCCCC2CN)cc1C. The van der Waals surface area contributed by atoms with E-state index in [1.807, 2.05) is 6.92 Å². The normalized spacial score (nSPS) is 22.5. The zero-order chi connectivity index (χ0) is 16.3. The highest BCUT2D eigenvalue weighted by Gasteiger charge is 2.29. The van der Waals surface area contributed by atoms with Crippen molar-refractivity contribution in [3.05, 3.63) is 23.3 Å². The first-order valence-corrected chi connectivity index (χ1v) is 9.25. The smallest absolute Gasteiger partial charge is 0.241 e. The van der Waals surface area contributed by atoms with E-state index in [2.05, 4.69) is 4.72 Å². The average molecular weight is 326 g/mol. The molecule has 1 aliphatic rings. The highest BCUT2D eigenvalue weighted by molar-refractivity contribution is 7.89. The number of ether oxygens (including phenoxy) is 1. The summed E-state index contributed by atoms with van der Waals surface area (Å²) < 4.78 is 33.6. The molecule has 2 atom stereocenters. The van der Waals surface area contributed by atoms with Gasteiger partial charge in [-0.15, -0.1) is 0 Å². The van der Waals surface area contributed by atoms with Crippen molar-refractivity contribution < 1.29 is 13.2 Å². The highest BCUT2D eigenvalue weighted by atomic mass is 32.2. The third-order valence-electron chi connectivity index (χ3n) is 4.50. The summed E-state index contributed by atoms with van der Waals surface area (Å²) in [6, 6.07) is 3.38. The number of nitrogens with one attached hydrogen (secondary N) is 1. The maximum Gasteiger partial charge on any atom is 0.241 e. The lowest BCUT2D eigenvalue weighted by molar-refractivity contribution is 0.296. The number of benzene rings is 1. The largest absolute Gasteiger partial charge is 0.496 e. The lowest BCUT2D eigenvalue weighted by Crippen LogP contribution is -2.44. The predicted molar refractivity (Wildman–Crippen MR) is 87.6 cm³/mol. The molecular weight excluding hydrogens is 300 g/mol. The quantitative estimate of drug-likeness (QED) is 0.868. The first-order valence-electron chi connectivity index (χ1n) is 7.76. The Balaban J connectivity index is 2.28. The van der Waals surface area contributed by atoms with Gasteiger partial charge in [-0.2, -0.15) is 0 Å². The Labute approximate surface area is 133 Å². The van der Waals surface area contributed by atoms with Crippen LogP contribution in [0, 0.1) is 19.8 Å². The van der Waals surface area contributed by atoms with E-state index in [1.54, 1.807) is 26.2 Å². The zero-order valence-corrected chi connectivity index (χ0v) is 14.4. The Kier molecular flexibility index (Phi) is 5.47. The van der Waals surface area contributed by atoms with Crippen molar-refractivity contribution in [2.45, 2.75) is 50.5 Å². The summed E-state index contributed by atoms with van der Waals surface area (Å²) in [5, 5.41) is 0. The Bertz CT molecular complexity index is 629. The van der Waals surface area contributed by atoms with Crippen molar-refractivity contribution in [1.82, 2.24) is 4.72 Å². The van der Waals surface area contributed by atoms with Gasteiger partial charge >= 0.3 is 0 Å². The van der Waals surface area contributed by atoms with Gasteiger partial charge in [0, 0.05) is 6.04 Å². The lowest BCUT2D eigenvalue weighted by Gasteiger charge is -2.31. The van der Waals surface area contributed by atoms with Crippen LogP contribution in [0.15, 0.2) is 17.0 Å². The van der Waals surface area contributed by atoms with Gasteiger partial charge in [0.15, 0.2) is 0 Å². The maximum atomic E-state index is 12.7. The molecule has 2 rings (SSSR count). The minimum absolute atomic E-state index is 0.0643. The van der Waals surface area contributed by atoms with Gasteiger partial charge in [-0.1, -0.05) is 12.8 Å². The number of sulfonamides is 1. The van der Waals surface area contributed by atoms with Crippen LogP contribution in [-0.4, -0.2) is 28.1 Å². The second-order valence-corrected chi connectivity index (χ2v) is 7.78. The van der Waals surface area contributed by atoms with Gasteiger partial charge in [0.25, 0.3) is 0 Å². The number of rotatable bonds is 5. The van der Waals surface area contributed by atoms with Crippen molar-refractivity contribution in [3.8, 4) is 5.75 Å². The van der Waals surface area contributed by atoms with E-state index in [4.69, 9.17) is 10.5 Å². The van der Waals surface area contributed by atoms with E-state index < -0.39 is 10.0 Å². The zero-order valence-electron chi connectivity index (χ0n) is 13.6. The van der Waals surface area contributed by atoms with Gasteiger partial charge in [-0.25, -0.2) is 13.1 Å². The second-order valence-electron chi connectivity index (χ2n) is 6.10. The molecule has 1 aromatic rings. The molecule has 0 radical (unpaired) electrons. The van der Waals surface area contributed by atoms with Crippen molar-refractivity contribution in [3.63, 3.8) is 0 Å². The molecule has 0 spiro atoms. The minimum Gasteiger partial charge on any atom is -0.496 e. The molecule has 2 unspecified atom stereocenters. The molecule has 124 valence electrons. The molecular formula is C16H26N2O3S. The van der Waals surface area contributed by atoms with Crippen LogP contribution < -0.4 is 15.2 Å². The number of methoxy groups -OCH3 is 1. The molecule has 1 saturated carbocycles. The fraction of sp³-hybridized carbons (Fsp3) is 0.625. The van der Waals surface area contributed by atoms with Crippen molar-refractivity contribution in [1.29, 1.82) is 0 Å². The summed E-state index contributed by atoms with van der Waals surface area (Å²) in [4.78, 5) is 0.326. The molecule has 0 aromatic heterocycles. The van der Waals surface area contributed by atoms with Crippen molar-refractivity contribution in [2.75, 3.05) is 13.7 Å². The summed E-state index contributed by atoms with van der Waals surface area (Å²) in [6.07, 6.45) is 4.02. The Hall–Kier alpha value is -1.11. The first kappa shape index (κ1) is 17.2. The summed E-state index contributed by atoms with van der Waals surface area (Å²) in [5.74, 6) is 0.928. The molecule has 1 aliphatic carbocycles. The van der Waals surface area contributed by atoms with Crippen LogP contribution in [0.3, 0.4) is 0 Å². The molecule has 0 aliphatic heterocycles. The molecule has 1 aromatic carbocycles. The van der Waals surface area contributed by atoms with Crippen LogP contribution in [0.5, 0.6) is 5.75 Å². The highest BCUT2D eigenvalue weighted by Crippen LogP contribution is 2.28. The van der Waals surface area contributed by atoms with Crippen molar-refractivity contribution in [2.24, 2.45) is 11.7 Å². The topological polar surface area (TPSA) is 81.4 Å². The summed E-state index contributed by atoms with van der Waals surface area (Å²) in [5.41, 5.74) is 7.29. The molecule has 0 heterocycles. The van der Waals surface area contributed by atoms with Gasteiger partial charge in [-0.05, 0) is 62.4 Å². The lowest BCUT2D eigenvalue weighted by atomic mass is 9.85. The number of hydrogen-bond donors (Lipinski definition) is 2. The van der Waals surface area contributed by atoms with E-state index in [-0.39, 0.29) is 12.0 Å². The van der Waals surface area contributed by atoms with E-state index in [1.165, 1.54) is 0 Å². The predicted octanol–water partition coefficient (Wildman–Crippen LogP) is 2.11. The first-order chi connectivity index (χ1) is 10.4. The number of hydrogen-bond acceptors (Lipinski definition) is 4. The van der Waals surface area contributed by atoms with Gasteiger partial charge in [0.05, 0.1) is 12.0 Å². The van der Waals surface area contributed by atoms with Crippen LogP contribution in [0.2, 0.25) is 0 Å². The van der Waals surface area contributed by atoms with Gasteiger partial charge < -0.3 is 10.5 Å². The second kappa shape index (κ2) is 6.98. The molecule has 0 saturated heterocycles. The fourth-order valence-corrected chi connectivity index (χ4v) is 4.83. The molecule has 22 heavy (non-hydrogen) atoms. The Morgan fingerprint density at radius 3 is 2.55 bits per heavy atom.